The van der Waals surface area contributed by atoms with E-state index in [4.69, 9.17) is 4.98 Å². The van der Waals surface area contributed by atoms with Crippen LogP contribution in [-0.4, -0.2) is 69.9 Å². The monoisotopic (exact) mass is 515 g/mol. The number of fused-ring (bicyclic) bond motifs is 1. The number of nitrogens with zero attached hydrogens (tertiary/aromatic N) is 6. The Morgan fingerprint density at radius 3 is 2.54 bits per heavy atom. The molecule has 3 aromatic heterocycles. The van der Waals surface area contributed by atoms with Gasteiger partial charge in [0.1, 0.15) is 22.0 Å². The van der Waals surface area contributed by atoms with Crippen molar-refractivity contribution >= 4 is 50.0 Å². The maximum absolute atomic E-state index is 12.9. The van der Waals surface area contributed by atoms with Crippen molar-refractivity contribution in [3.05, 3.63) is 65.9 Å². The molecule has 192 valence electrons. The number of carbonyl (C=O) groups excluding carboxylic acids is 1. The zero-order chi connectivity index (χ0) is 25.9. The molecule has 0 radical (unpaired) electrons. The summed E-state index contributed by atoms with van der Waals surface area (Å²) in [5, 5.41) is 4.02. The molecule has 37 heavy (non-hydrogen) atoms. The lowest BCUT2D eigenvalue weighted by Crippen LogP contribution is -2.51. The first kappa shape index (κ1) is 25.1. The largest absolute Gasteiger partial charge is 0.340 e. The minimum atomic E-state index is 0.162. The van der Waals surface area contributed by atoms with E-state index >= 15 is 0 Å². The summed E-state index contributed by atoms with van der Waals surface area (Å²) in [5.41, 5.74) is 4.08. The standard InChI is InChI=1S/C28H33N7OS/c1-19(2)34-13-15-35(16-14-34)26(36)18-21-11-12-29-24(17-21)31-28-30-23-9-10-25(32-27(23)37-28)33(4)22-7-5-20(3)6-8-22/h5-12,17,19H,13-16,18H2,1-4H3,(H,29,30,31). The third-order valence-electron chi connectivity index (χ3n) is 6.82. The van der Waals surface area contributed by atoms with Gasteiger partial charge in [0.15, 0.2) is 5.13 Å². The van der Waals surface area contributed by atoms with E-state index in [0.717, 1.165) is 58.7 Å². The van der Waals surface area contributed by atoms with Crippen LogP contribution in [0.15, 0.2) is 54.7 Å². The molecule has 1 aliphatic rings. The Morgan fingerprint density at radius 1 is 1.05 bits per heavy atom. The quantitative estimate of drug-likeness (QED) is 0.371. The van der Waals surface area contributed by atoms with Crippen LogP contribution >= 0.6 is 11.3 Å². The maximum atomic E-state index is 12.9. The molecule has 1 aromatic carbocycles. The fraction of sp³-hybridized carbons (Fsp3) is 0.357. The van der Waals surface area contributed by atoms with Crippen molar-refractivity contribution in [1.29, 1.82) is 0 Å². The number of benzene rings is 1. The molecule has 0 unspecified atom stereocenters. The van der Waals surface area contributed by atoms with Crippen molar-refractivity contribution in [2.24, 2.45) is 0 Å². The molecule has 1 aliphatic heterocycles. The first-order valence-electron chi connectivity index (χ1n) is 12.7. The predicted octanol–water partition coefficient (Wildman–Crippen LogP) is 5.00. The number of nitrogens with one attached hydrogen (secondary N) is 1. The third-order valence-corrected chi connectivity index (χ3v) is 7.70. The average molecular weight is 516 g/mol. The lowest BCUT2D eigenvalue weighted by molar-refractivity contribution is -0.132. The molecule has 0 aliphatic carbocycles. The molecule has 8 nitrogen and oxygen atoms in total. The zero-order valence-electron chi connectivity index (χ0n) is 21.8. The summed E-state index contributed by atoms with van der Waals surface area (Å²) < 4.78 is 0. The van der Waals surface area contributed by atoms with Crippen molar-refractivity contribution in [1.82, 2.24) is 24.8 Å². The van der Waals surface area contributed by atoms with Crippen LogP contribution in [0.2, 0.25) is 0 Å². The highest BCUT2D eigenvalue weighted by molar-refractivity contribution is 7.21. The van der Waals surface area contributed by atoms with Crippen molar-refractivity contribution in [3.8, 4) is 0 Å². The Kier molecular flexibility index (Phi) is 7.34. The van der Waals surface area contributed by atoms with Crippen molar-refractivity contribution in [3.63, 3.8) is 0 Å². The summed E-state index contributed by atoms with van der Waals surface area (Å²) in [7, 11) is 2.01. The van der Waals surface area contributed by atoms with E-state index in [2.05, 4.69) is 70.1 Å². The van der Waals surface area contributed by atoms with E-state index in [1.165, 1.54) is 16.9 Å². The van der Waals surface area contributed by atoms with Gasteiger partial charge in [-0.1, -0.05) is 29.0 Å². The van der Waals surface area contributed by atoms with Gasteiger partial charge in [-0.3, -0.25) is 9.69 Å². The second-order valence-electron chi connectivity index (χ2n) is 9.77. The van der Waals surface area contributed by atoms with E-state index in [-0.39, 0.29) is 5.91 Å². The fourth-order valence-electron chi connectivity index (χ4n) is 4.48. The molecule has 9 heteroatoms. The predicted molar refractivity (Wildman–Crippen MR) is 151 cm³/mol. The third kappa shape index (κ3) is 5.89. The first-order chi connectivity index (χ1) is 17.9. The molecular formula is C28H33N7OS. The molecule has 0 atom stereocenters. The summed E-state index contributed by atoms with van der Waals surface area (Å²) in [5.74, 6) is 1.69. The molecule has 0 spiro atoms. The smallest absolute Gasteiger partial charge is 0.227 e. The number of thiazole rings is 1. The Labute approximate surface area is 222 Å². The summed E-state index contributed by atoms with van der Waals surface area (Å²) in [6.07, 6.45) is 2.11. The molecule has 4 heterocycles. The summed E-state index contributed by atoms with van der Waals surface area (Å²) in [6.45, 7) is 9.92. The number of aromatic nitrogens is 3. The highest BCUT2D eigenvalue weighted by Crippen LogP contribution is 2.30. The van der Waals surface area contributed by atoms with Crippen LogP contribution in [0.4, 0.5) is 22.5 Å². The molecule has 0 bridgehead atoms. The van der Waals surface area contributed by atoms with Gasteiger partial charge in [-0.05, 0) is 62.7 Å². The second kappa shape index (κ2) is 10.8. The van der Waals surface area contributed by atoms with Crippen LogP contribution in [0, 0.1) is 6.92 Å². The lowest BCUT2D eigenvalue weighted by Gasteiger charge is -2.37. The Morgan fingerprint density at radius 2 is 1.81 bits per heavy atom. The van der Waals surface area contributed by atoms with Crippen LogP contribution in [0.5, 0.6) is 0 Å². The van der Waals surface area contributed by atoms with E-state index < -0.39 is 0 Å². The van der Waals surface area contributed by atoms with Crippen LogP contribution in [0.25, 0.3) is 10.3 Å². The van der Waals surface area contributed by atoms with Gasteiger partial charge in [0.25, 0.3) is 0 Å². The normalized spacial score (nSPS) is 14.4. The van der Waals surface area contributed by atoms with Gasteiger partial charge >= 0.3 is 0 Å². The van der Waals surface area contributed by atoms with Crippen LogP contribution in [-0.2, 0) is 11.2 Å². The van der Waals surface area contributed by atoms with Crippen molar-refractivity contribution in [2.45, 2.75) is 33.2 Å². The number of anilines is 4. The van der Waals surface area contributed by atoms with Gasteiger partial charge in [-0.2, -0.15) is 0 Å². The molecule has 5 rings (SSSR count). The van der Waals surface area contributed by atoms with E-state index in [9.17, 15) is 4.79 Å². The average Bonchev–Trinajstić information content (AvgIpc) is 3.30. The number of rotatable bonds is 7. The topological polar surface area (TPSA) is 77.5 Å². The highest BCUT2D eigenvalue weighted by atomic mass is 32.1. The van der Waals surface area contributed by atoms with E-state index in [1.807, 2.05) is 36.2 Å². The number of carbonyl (C=O) groups is 1. The highest BCUT2D eigenvalue weighted by Gasteiger charge is 2.22. The minimum absolute atomic E-state index is 0.162. The number of hydrogen-bond donors (Lipinski definition) is 1. The number of piperazine rings is 1. The molecule has 1 fully saturated rings. The molecule has 1 amide bonds. The van der Waals surface area contributed by atoms with Crippen LogP contribution in [0.1, 0.15) is 25.0 Å². The molecule has 4 aromatic rings. The van der Waals surface area contributed by atoms with E-state index in [1.54, 1.807) is 6.20 Å². The van der Waals surface area contributed by atoms with Gasteiger partial charge in [-0.15, -0.1) is 0 Å². The number of pyridine rings is 2. The second-order valence-corrected chi connectivity index (χ2v) is 10.7. The molecule has 0 saturated carbocycles. The van der Waals surface area contributed by atoms with Gasteiger partial charge in [-0.25, -0.2) is 15.0 Å². The lowest BCUT2D eigenvalue weighted by atomic mass is 10.1. The minimum Gasteiger partial charge on any atom is -0.340 e. The zero-order valence-corrected chi connectivity index (χ0v) is 22.6. The van der Waals surface area contributed by atoms with Crippen LogP contribution < -0.4 is 10.2 Å². The van der Waals surface area contributed by atoms with Gasteiger partial charge in [0.05, 0.1) is 6.42 Å². The number of amides is 1. The first-order valence-corrected chi connectivity index (χ1v) is 13.5. The van der Waals surface area contributed by atoms with Crippen molar-refractivity contribution in [2.75, 3.05) is 43.4 Å². The van der Waals surface area contributed by atoms with Gasteiger partial charge < -0.3 is 15.1 Å². The summed E-state index contributed by atoms with van der Waals surface area (Å²) in [4.78, 5) is 34.1. The Hall–Kier alpha value is -3.56. The Balaban J connectivity index is 1.25. The molecule has 1 N–H and O–H groups in total. The molecule has 1 saturated heterocycles. The summed E-state index contributed by atoms with van der Waals surface area (Å²) in [6, 6.07) is 16.7. The fourth-order valence-corrected chi connectivity index (χ4v) is 5.32. The maximum Gasteiger partial charge on any atom is 0.227 e. The SMILES string of the molecule is Cc1ccc(N(C)c2ccc3nc(Nc4cc(CC(=O)N5CCN(C(C)C)CC5)ccn4)sc3n2)cc1. The van der Waals surface area contributed by atoms with Gasteiger partial charge in [0.2, 0.25) is 5.91 Å². The van der Waals surface area contributed by atoms with Crippen molar-refractivity contribution < 1.29 is 4.79 Å². The number of hydrogen-bond acceptors (Lipinski definition) is 8. The van der Waals surface area contributed by atoms with Crippen LogP contribution in [0.3, 0.4) is 0 Å². The number of aryl methyl sites for hydroxylation is 1. The van der Waals surface area contributed by atoms with E-state index in [0.29, 0.717) is 18.3 Å². The van der Waals surface area contributed by atoms with Gasteiger partial charge in [0, 0.05) is 51.2 Å². The molecular weight excluding hydrogens is 482 g/mol. The summed E-state index contributed by atoms with van der Waals surface area (Å²) >= 11 is 1.49. The Bertz CT molecular complexity index is 1380.